The summed E-state index contributed by atoms with van der Waals surface area (Å²) in [5, 5.41) is 12.6. The molecule has 1 saturated heterocycles. The first-order chi connectivity index (χ1) is 19.0. The second kappa shape index (κ2) is 14.6. The van der Waals surface area contributed by atoms with Crippen LogP contribution in [-0.4, -0.2) is 53.5 Å². The van der Waals surface area contributed by atoms with Crippen LogP contribution >= 0.6 is 0 Å². The number of aliphatic hydroxyl groups is 1. The van der Waals surface area contributed by atoms with Crippen LogP contribution in [0.4, 0.5) is 0 Å². The van der Waals surface area contributed by atoms with Crippen molar-refractivity contribution in [1.29, 1.82) is 0 Å². The van der Waals surface area contributed by atoms with Gasteiger partial charge < -0.3 is 20.1 Å². The number of nitrogens with one attached hydrogen (secondary N) is 1. The summed E-state index contributed by atoms with van der Waals surface area (Å²) in [6.07, 6.45) is 8.49. The van der Waals surface area contributed by atoms with E-state index in [0.717, 1.165) is 36.8 Å². The van der Waals surface area contributed by atoms with Gasteiger partial charge in [-0.2, -0.15) is 0 Å². The molecule has 0 saturated carbocycles. The lowest BCUT2D eigenvalue weighted by Crippen LogP contribution is -2.41. The number of cyclic esters (lactones) is 1. The zero-order valence-corrected chi connectivity index (χ0v) is 22.5. The Balaban J connectivity index is 1.51. The minimum Gasteiger partial charge on any atom is -0.455 e. The van der Waals surface area contributed by atoms with Crippen LogP contribution in [0.5, 0.6) is 0 Å². The molecule has 7 nitrogen and oxygen atoms in total. The summed E-state index contributed by atoms with van der Waals surface area (Å²) in [7, 11) is 0. The number of nitrogens with zero attached hydrogens (tertiary/aromatic N) is 1. The van der Waals surface area contributed by atoms with Crippen LogP contribution in [0.3, 0.4) is 0 Å². The Kier molecular flexibility index (Phi) is 10.7. The first kappa shape index (κ1) is 28.6. The number of amides is 2. The third kappa shape index (κ3) is 8.27. The van der Waals surface area contributed by atoms with Gasteiger partial charge in [0.05, 0.1) is 31.0 Å². The third-order valence-electron chi connectivity index (χ3n) is 7.76. The molecule has 4 atom stereocenters. The van der Waals surface area contributed by atoms with Gasteiger partial charge in [0.2, 0.25) is 11.8 Å². The number of carbonyl (C=O) groups is 3. The molecule has 39 heavy (non-hydrogen) atoms. The highest BCUT2D eigenvalue weighted by molar-refractivity contribution is 5.86. The van der Waals surface area contributed by atoms with Crippen LogP contribution in [-0.2, 0) is 25.5 Å². The number of carbonyl (C=O) groups excluding carboxylic acids is 3. The molecule has 7 heteroatoms. The van der Waals surface area contributed by atoms with Gasteiger partial charge in [0, 0.05) is 13.0 Å². The van der Waals surface area contributed by atoms with Gasteiger partial charge in [-0.15, -0.1) is 0 Å². The van der Waals surface area contributed by atoms with Gasteiger partial charge in [-0.05, 0) is 56.1 Å². The summed E-state index contributed by atoms with van der Waals surface area (Å²) in [6, 6.07) is 19.3. The summed E-state index contributed by atoms with van der Waals surface area (Å²) in [5.41, 5.74) is 1.90. The Morgan fingerprint density at radius 1 is 0.949 bits per heavy atom. The van der Waals surface area contributed by atoms with Gasteiger partial charge in [0.1, 0.15) is 6.10 Å². The van der Waals surface area contributed by atoms with Gasteiger partial charge in [-0.3, -0.25) is 14.4 Å². The molecule has 208 valence electrons. The highest BCUT2D eigenvalue weighted by Gasteiger charge is 2.32. The van der Waals surface area contributed by atoms with E-state index in [2.05, 4.69) is 5.32 Å². The van der Waals surface area contributed by atoms with Crippen LogP contribution in [0.2, 0.25) is 0 Å². The molecular weight excluding hydrogens is 492 g/mol. The molecular formula is C32H40N2O5. The van der Waals surface area contributed by atoms with Crippen LogP contribution in [0, 0.1) is 11.8 Å². The number of allylic oxidation sites excluding steroid dienone is 2. The number of likely N-dealkylation sites (tertiary alicyclic amines) is 1. The third-order valence-corrected chi connectivity index (χ3v) is 7.76. The molecule has 0 unspecified atom stereocenters. The molecule has 2 aliphatic rings. The van der Waals surface area contributed by atoms with Gasteiger partial charge in [0.25, 0.3) is 0 Å². The normalized spacial score (nSPS) is 25.0. The second-order valence-corrected chi connectivity index (χ2v) is 10.6. The number of hydrogen-bond acceptors (Lipinski definition) is 5. The Morgan fingerprint density at radius 2 is 1.69 bits per heavy atom. The maximum Gasteiger partial charge on any atom is 0.309 e. The molecule has 2 heterocycles. The minimum atomic E-state index is -0.631. The Morgan fingerprint density at radius 3 is 2.44 bits per heavy atom. The lowest BCUT2D eigenvalue weighted by molar-refractivity contribution is -0.155. The van der Waals surface area contributed by atoms with Gasteiger partial charge in [0.15, 0.2) is 0 Å². The molecule has 4 rings (SSSR count). The van der Waals surface area contributed by atoms with E-state index >= 15 is 0 Å². The standard InChI is InChI=1S/C32H40N2O5/c35-23-28-18-11-19-34(28)30(36)21-26-16-7-1-2-8-17-27(20-24-12-5-3-6-13-24)32(38)39-29(22-33-31(26)37)25-14-9-4-10-15-25/h1,3-7,9-10,12-15,26-29,35H,2,8,11,16-23H2,(H,33,37)/t26-,27-,28+,29-/m1/s1. The van der Waals surface area contributed by atoms with Gasteiger partial charge >= 0.3 is 5.97 Å². The summed E-state index contributed by atoms with van der Waals surface area (Å²) < 4.78 is 6.07. The van der Waals surface area contributed by atoms with Gasteiger partial charge in [-0.1, -0.05) is 72.8 Å². The molecule has 2 N–H and O–H groups in total. The highest BCUT2D eigenvalue weighted by Crippen LogP contribution is 2.25. The predicted octanol–water partition coefficient (Wildman–Crippen LogP) is 4.37. The molecule has 0 radical (unpaired) electrons. The summed E-state index contributed by atoms with van der Waals surface area (Å²) in [5.74, 6) is -1.41. The average Bonchev–Trinajstić information content (AvgIpc) is 3.45. The van der Waals surface area contributed by atoms with E-state index in [-0.39, 0.29) is 49.3 Å². The summed E-state index contributed by atoms with van der Waals surface area (Å²) >= 11 is 0. The van der Waals surface area contributed by atoms with Crippen LogP contribution in [0.15, 0.2) is 72.8 Å². The maximum atomic E-state index is 13.4. The van der Waals surface area contributed by atoms with E-state index < -0.39 is 12.0 Å². The lowest BCUT2D eigenvalue weighted by Gasteiger charge is -2.26. The van der Waals surface area contributed by atoms with Crippen molar-refractivity contribution < 1.29 is 24.2 Å². The van der Waals surface area contributed by atoms with Crippen LogP contribution in [0.1, 0.15) is 62.2 Å². The van der Waals surface area contributed by atoms with Crippen molar-refractivity contribution in [2.75, 3.05) is 19.7 Å². The molecule has 0 spiro atoms. The SMILES string of the molecule is O=C1NC[C@H](c2ccccc2)OC(=O)[C@@H](Cc2ccccc2)CCCC=CC[C@@H]1CC(=O)N1CCC[C@H]1CO. The lowest BCUT2D eigenvalue weighted by atomic mass is 9.93. The Bertz CT molecular complexity index is 1100. The largest absolute Gasteiger partial charge is 0.455 e. The molecule has 2 aliphatic heterocycles. The maximum absolute atomic E-state index is 13.4. The topological polar surface area (TPSA) is 95.9 Å². The Hall–Kier alpha value is -3.45. The van der Waals surface area contributed by atoms with Crippen molar-refractivity contribution in [2.24, 2.45) is 11.8 Å². The fourth-order valence-corrected chi connectivity index (χ4v) is 5.50. The predicted molar refractivity (Wildman–Crippen MR) is 149 cm³/mol. The number of esters is 1. The molecule has 2 aromatic rings. The fourth-order valence-electron chi connectivity index (χ4n) is 5.50. The molecule has 0 bridgehead atoms. The van der Waals surface area contributed by atoms with E-state index in [1.54, 1.807) is 4.90 Å². The number of rotatable bonds is 6. The molecule has 0 aromatic heterocycles. The van der Waals surface area contributed by atoms with E-state index in [9.17, 15) is 19.5 Å². The van der Waals surface area contributed by atoms with Crippen molar-refractivity contribution in [1.82, 2.24) is 10.2 Å². The molecule has 2 amide bonds. The van der Waals surface area contributed by atoms with E-state index in [1.165, 1.54) is 0 Å². The monoisotopic (exact) mass is 532 g/mol. The highest BCUT2D eigenvalue weighted by atomic mass is 16.5. The molecule has 2 aromatic carbocycles. The zero-order valence-electron chi connectivity index (χ0n) is 22.5. The minimum absolute atomic E-state index is 0.0576. The average molecular weight is 533 g/mol. The van der Waals surface area contributed by atoms with Crippen molar-refractivity contribution in [3.05, 3.63) is 83.9 Å². The van der Waals surface area contributed by atoms with E-state index in [1.807, 2.05) is 72.8 Å². The van der Waals surface area contributed by atoms with Crippen molar-refractivity contribution >= 4 is 17.8 Å². The fraction of sp³-hybridized carbons (Fsp3) is 0.469. The van der Waals surface area contributed by atoms with Crippen molar-refractivity contribution in [3.63, 3.8) is 0 Å². The molecule has 0 aliphatic carbocycles. The number of hydrogen-bond donors (Lipinski definition) is 2. The Labute approximate surface area is 231 Å². The van der Waals surface area contributed by atoms with Crippen molar-refractivity contribution in [3.8, 4) is 0 Å². The van der Waals surface area contributed by atoms with Crippen LogP contribution < -0.4 is 5.32 Å². The van der Waals surface area contributed by atoms with Gasteiger partial charge in [-0.25, -0.2) is 0 Å². The quantitative estimate of drug-likeness (QED) is 0.426. The number of ether oxygens (including phenoxy) is 1. The number of benzene rings is 2. The second-order valence-electron chi connectivity index (χ2n) is 10.6. The molecule has 1 fully saturated rings. The smallest absolute Gasteiger partial charge is 0.309 e. The first-order valence-electron chi connectivity index (χ1n) is 14.2. The van der Waals surface area contributed by atoms with Crippen molar-refractivity contribution in [2.45, 2.75) is 63.5 Å². The number of aliphatic hydroxyl groups excluding tert-OH is 1. The van der Waals surface area contributed by atoms with Crippen LogP contribution in [0.25, 0.3) is 0 Å². The zero-order chi connectivity index (χ0) is 27.5. The van der Waals surface area contributed by atoms with E-state index in [0.29, 0.717) is 25.8 Å². The summed E-state index contributed by atoms with van der Waals surface area (Å²) in [6.45, 7) is 0.687. The first-order valence-corrected chi connectivity index (χ1v) is 14.2. The van der Waals surface area contributed by atoms with E-state index in [4.69, 9.17) is 4.74 Å². The summed E-state index contributed by atoms with van der Waals surface area (Å²) in [4.78, 5) is 41.6.